The average Bonchev–Trinajstić information content (AvgIpc) is 2.90. The van der Waals surface area contributed by atoms with Gasteiger partial charge in [0.15, 0.2) is 11.5 Å². The van der Waals surface area contributed by atoms with E-state index in [0.29, 0.717) is 6.54 Å². The van der Waals surface area contributed by atoms with E-state index in [2.05, 4.69) is 15.4 Å². The van der Waals surface area contributed by atoms with Crippen LogP contribution in [0.1, 0.15) is 5.69 Å². The van der Waals surface area contributed by atoms with Gasteiger partial charge in [-0.1, -0.05) is 0 Å². The monoisotopic (exact) mass is 269 g/mol. The number of ether oxygens (including phenoxy) is 1. The van der Waals surface area contributed by atoms with Crippen LogP contribution in [0.4, 0.5) is 11.5 Å². The predicted molar refractivity (Wildman–Crippen MR) is 77.2 cm³/mol. The third-order valence-electron chi connectivity index (χ3n) is 2.94. The predicted octanol–water partition coefficient (Wildman–Crippen LogP) is 1.94. The fourth-order valence-corrected chi connectivity index (χ4v) is 1.92. The number of nitrogens with zero attached hydrogens (tertiary/aromatic N) is 3. The smallest absolute Gasteiger partial charge is 0.153 e. The topological polar surface area (TPSA) is 77.5 Å². The maximum Gasteiger partial charge on any atom is 0.153 e. The lowest BCUT2D eigenvalue weighted by atomic mass is 10.3. The van der Waals surface area contributed by atoms with E-state index in [-0.39, 0.29) is 0 Å². The lowest BCUT2D eigenvalue weighted by Gasteiger charge is -2.06. The summed E-state index contributed by atoms with van der Waals surface area (Å²) in [6, 6.07) is 11.4. The minimum absolute atomic E-state index is 0.407. The number of rotatable bonds is 4. The molecule has 20 heavy (non-hydrogen) atoms. The number of fused-ring (bicyclic) bond motifs is 1. The third-order valence-corrected chi connectivity index (χ3v) is 2.94. The molecule has 0 atom stereocenters. The van der Waals surface area contributed by atoms with Crippen molar-refractivity contribution in [3.63, 3.8) is 0 Å². The van der Waals surface area contributed by atoms with E-state index in [1.807, 2.05) is 42.6 Å². The van der Waals surface area contributed by atoms with Crippen LogP contribution in [0.5, 0.6) is 5.75 Å². The standard InChI is InChI=1S/C14H15N5O/c1-20-12-4-2-10(3-5-12)16-13-6-7-14-17-11(8-15)9-19(14)18-13/h2-7,9H,8,15H2,1H3,(H,16,18). The highest BCUT2D eigenvalue weighted by Gasteiger charge is 2.03. The van der Waals surface area contributed by atoms with E-state index in [0.717, 1.165) is 28.6 Å². The van der Waals surface area contributed by atoms with E-state index in [1.54, 1.807) is 11.6 Å². The van der Waals surface area contributed by atoms with Crippen LogP contribution in [0.25, 0.3) is 5.65 Å². The van der Waals surface area contributed by atoms with Gasteiger partial charge in [0.05, 0.1) is 19.0 Å². The van der Waals surface area contributed by atoms with E-state index in [9.17, 15) is 0 Å². The van der Waals surface area contributed by atoms with Gasteiger partial charge in [-0.3, -0.25) is 0 Å². The van der Waals surface area contributed by atoms with E-state index in [4.69, 9.17) is 10.5 Å². The lowest BCUT2D eigenvalue weighted by molar-refractivity contribution is 0.415. The first-order valence-electron chi connectivity index (χ1n) is 6.25. The summed E-state index contributed by atoms with van der Waals surface area (Å²) in [6.07, 6.45) is 1.83. The average molecular weight is 269 g/mol. The van der Waals surface area contributed by atoms with Gasteiger partial charge in [-0.25, -0.2) is 9.50 Å². The Balaban J connectivity index is 1.85. The Morgan fingerprint density at radius 1 is 1.20 bits per heavy atom. The zero-order valence-corrected chi connectivity index (χ0v) is 11.1. The fraction of sp³-hybridized carbons (Fsp3) is 0.143. The molecule has 0 aliphatic heterocycles. The van der Waals surface area contributed by atoms with Crippen molar-refractivity contribution in [3.8, 4) is 5.75 Å². The Kier molecular flexibility index (Phi) is 3.22. The van der Waals surface area contributed by atoms with Gasteiger partial charge in [0.25, 0.3) is 0 Å². The summed E-state index contributed by atoms with van der Waals surface area (Å²) in [4.78, 5) is 4.33. The summed E-state index contributed by atoms with van der Waals surface area (Å²) in [5.74, 6) is 1.56. The van der Waals surface area contributed by atoms with Crippen LogP contribution in [-0.2, 0) is 6.54 Å². The molecule has 0 aliphatic carbocycles. The Morgan fingerprint density at radius 3 is 2.70 bits per heavy atom. The molecule has 0 saturated heterocycles. The molecule has 0 saturated carbocycles. The quantitative estimate of drug-likeness (QED) is 0.757. The Labute approximate surface area is 116 Å². The van der Waals surface area contributed by atoms with Crippen LogP contribution in [-0.4, -0.2) is 21.7 Å². The van der Waals surface area contributed by atoms with Crippen molar-refractivity contribution in [2.24, 2.45) is 5.73 Å². The summed E-state index contributed by atoms with van der Waals surface area (Å²) in [7, 11) is 1.64. The highest BCUT2D eigenvalue weighted by Crippen LogP contribution is 2.18. The summed E-state index contributed by atoms with van der Waals surface area (Å²) in [6.45, 7) is 0.407. The van der Waals surface area contributed by atoms with Gasteiger partial charge in [0, 0.05) is 12.2 Å². The Morgan fingerprint density at radius 2 is 2.00 bits per heavy atom. The molecule has 0 spiro atoms. The summed E-state index contributed by atoms with van der Waals surface area (Å²) < 4.78 is 6.84. The molecule has 2 aromatic heterocycles. The number of nitrogens with one attached hydrogen (secondary N) is 1. The molecule has 0 bridgehead atoms. The van der Waals surface area contributed by atoms with Gasteiger partial charge < -0.3 is 15.8 Å². The highest BCUT2D eigenvalue weighted by molar-refractivity contribution is 5.58. The number of nitrogens with two attached hydrogens (primary N) is 1. The molecule has 2 heterocycles. The highest BCUT2D eigenvalue weighted by atomic mass is 16.5. The van der Waals surface area contributed by atoms with Crippen molar-refractivity contribution in [3.05, 3.63) is 48.3 Å². The summed E-state index contributed by atoms with van der Waals surface area (Å²) in [5, 5.41) is 7.67. The first-order valence-corrected chi connectivity index (χ1v) is 6.25. The SMILES string of the molecule is COc1ccc(Nc2ccc3nc(CN)cn3n2)cc1. The molecule has 102 valence electrons. The normalized spacial score (nSPS) is 10.7. The molecule has 1 aromatic carbocycles. The van der Waals surface area contributed by atoms with Crippen LogP contribution in [0.15, 0.2) is 42.6 Å². The molecular weight excluding hydrogens is 254 g/mol. The molecule has 3 aromatic rings. The van der Waals surface area contributed by atoms with Crippen LogP contribution in [0.3, 0.4) is 0 Å². The number of methoxy groups -OCH3 is 1. The molecule has 3 rings (SSSR count). The maximum absolute atomic E-state index is 5.57. The van der Waals surface area contributed by atoms with Gasteiger partial charge in [0.1, 0.15) is 5.75 Å². The van der Waals surface area contributed by atoms with Crippen molar-refractivity contribution in [1.29, 1.82) is 0 Å². The molecule has 3 N–H and O–H groups in total. The second-order valence-corrected chi connectivity index (χ2v) is 4.31. The van der Waals surface area contributed by atoms with Crippen LogP contribution in [0, 0.1) is 0 Å². The molecule has 6 heteroatoms. The third kappa shape index (κ3) is 2.41. The number of hydrogen-bond donors (Lipinski definition) is 2. The summed E-state index contributed by atoms with van der Waals surface area (Å²) in [5.41, 5.74) is 8.11. The van der Waals surface area contributed by atoms with Gasteiger partial charge in [-0.05, 0) is 36.4 Å². The molecular formula is C14H15N5O. The molecule has 6 nitrogen and oxygen atoms in total. The second kappa shape index (κ2) is 5.18. The van der Waals surface area contributed by atoms with Crippen LogP contribution < -0.4 is 15.8 Å². The molecule has 0 radical (unpaired) electrons. The zero-order chi connectivity index (χ0) is 13.9. The number of imidazole rings is 1. The molecule has 0 fully saturated rings. The van der Waals surface area contributed by atoms with Gasteiger partial charge >= 0.3 is 0 Å². The minimum Gasteiger partial charge on any atom is -0.497 e. The Hall–Kier alpha value is -2.60. The van der Waals surface area contributed by atoms with Crippen molar-refractivity contribution < 1.29 is 4.74 Å². The molecule has 0 amide bonds. The largest absolute Gasteiger partial charge is 0.497 e. The second-order valence-electron chi connectivity index (χ2n) is 4.31. The number of anilines is 2. The van der Waals surface area contributed by atoms with Crippen LogP contribution in [0.2, 0.25) is 0 Å². The van der Waals surface area contributed by atoms with Crippen molar-refractivity contribution in [2.75, 3.05) is 12.4 Å². The van der Waals surface area contributed by atoms with Crippen molar-refractivity contribution in [1.82, 2.24) is 14.6 Å². The maximum atomic E-state index is 5.57. The summed E-state index contributed by atoms with van der Waals surface area (Å²) >= 11 is 0. The zero-order valence-electron chi connectivity index (χ0n) is 11.1. The number of aromatic nitrogens is 3. The Bertz CT molecular complexity index is 720. The number of hydrogen-bond acceptors (Lipinski definition) is 5. The van der Waals surface area contributed by atoms with Crippen molar-refractivity contribution >= 4 is 17.2 Å². The van der Waals surface area contributed by atoms with E-state index >= 15 is 0 Å². The lowest BCUT2D eigenvalue weighted by Crippen LogP contribution is -1.98. The van der Waals surface area contributed by atoms with Crippen LogP contribution >= 0.6 is 0 Å². The molecule has 0 aliphatic rings. The van der Waals surface area contributed by atoms with Gasteiger partial charge in [0.2, 0.25) is 0 Å². The van der Waals surface area contributed by atoms with E-state index in [1.165, 1.54) is 0 Å². The van der Waals surface area contributed by atoms with Gasteiger partial charge in [-0.2, -0.15) is 0 Å². The van der Waals surface area contributed by atoms with E-state index < -0.39 is 0 Å². The fourth-order valence-electron chi connectivity index (χ4n) is 1.92. The first-order chi connectivity index (χ1) is 9.78. The number of benzene rings is 1. The first kappa shape index (κ1) is 12.4. The van der Waals surface area contributed by atoms with Crippen molar-refractivity contribution in [2.45, 2.75) is 6.54 Å². The molecule has 0 unspecified atom stereocenters. The van der Waals surface area contributed by atoms with Gasteiger partial charge in [-0.15, -0.1) is 5.10 Å². The minimum atomic E-state index is 0.407.